The van der Waals surface area contributed by atoms with Gasteiger partial charge in [-0.2, -0.15) is 0 Å². The molecule has 0 aliphatic rings. The quantitative estimate of drug-likeness (QED) is 0.660. The molecular formula is C20H20O2PS+. The summed E-state index contributed by atoms with van der Waals surface area (Å²) in [5.74, 6) is 0. The van der Waals surface area contributed by atoms with Crippen LogP contribution in [0.5, 0.6) is 0 Å². The van der Waals surface area contributed by atoms with E-state index >= 15 is 0 Å². The topological polar surface area (TPSA) is 34.1 Å². The van der Waals surface area contributed by atoms with Crippen molar-refractivity contribution in [3.8, 4) is 0 Å². The molecule has 0 atom stereocenters. The van der Waals surface area contributed by atoms with Crippen molar-refractivity contribution < 1.29 is 8.42 Å². The minimum absolute atomic E-state index is 0.137. The smallest absolute Gasteiger partial charge is 0.182 e. The minimum atomic E-state index is -3.18. The fraction of sp³-hybridized carbons (Fsp3) is 0.100. The summed E-state index contributed by atoms with van der Waals surface area (Å²) < 4.78 is 24.8. The SMILES string of the molecule is CS(=O)(=O)C[P+](c1ccccc1)(c1ccccc1)c1ccccc1. The molecule has 0 aromatic heterocycles. The van der Waals surface area contributed by atoms with E-state index in [0.717, 1.165) is 15.9 Å². The zero-order valence-electron chi connectivity index (χ0n) is 13.5. The Kier molecular flexibility index (Phi) is 4.84. The van der Waals surface area contributed by atoms with Crippen LogP contribution in [0.4, 0.5) is 0 Å². The van der Waals surface area contributed by atoms with Gasteiger partial charge in [0.1, 0.15) is 23.2 Å². The van der Waals surface area contributed by atoms with Gasteiger partial charge >= 0.3 is 0 Å². The van der Waals surface area contributed by atoms with E-state index in [1.54, 1.807) is 0 Å². The zero-order valence-corrected chi connectivity index (χ0v) is 15.3. The molecule has 3 aromatic rings. The summed E-state index contributed by atoms with van der Waals surface area (Å²) in [5, 5.41) is 3.27. The summed E-state index contributed by atoms with van der Waals surface area (Å²) in [6.07, 6.45) is 1.33. The number of rotatable bonds is 5. The van der Waals surface area contributed by atoms with Gasteiger partial charge in [-0.25, -0.2) is 8.42 Å². The van der Waals surface area contributed by atoms with Crippen molar-refractivity contribution in [3.05, 3.63) is 91.0 Å². The molecule has 3 aromatic carbocycles. The number of sulfone groups is 1. The first kappa shape index (κ1) is 16.9. The summed E-state index contributed by atoms with van der Waals surface area (Å²) in [4.78, 5) is 0. The lowest BCUT2D eigenvalue weighted by Gasteiger charge is -2.26. The summed E-state index contributed by atoms with van der Waals surface area (Å²) in [6.45, 7) is 0. The van der Waals surface area contributed by atoms with Crippen LogP contribution in [-0.2, 0) is 9.84 Å². The van der Waals surface area contributed by atoms with Gasteiger partial charge in [0.2, 0.25) is 0 Å². The van der Waals surface area contributed by atoms with Gasteiger partial charge in [-0.1, -0.05) is 54.6 Å². The molecule has 0 aliphatic carbocycles. The zero-order chi connectivity index (χ0) is 17.0. The Morgan fingerprint density at radius 1 is 0.625 bits per heavy atom. The molecule has 0 saturated carbocycles. The van der Waals surface area contributed by atoms with Crippen LogP contribution in [0.3, 0.4) is 0 Å². The maximum Gasteiger partial charge on any atom is 0.182 e. The Morgan fingerprint density at radius 3 is 1.17 bits per heavy atom. The highest BCUT2D eigenvalue weighted by Gasteiger charge is 2.48. The van der Waals surface area contributed by atoms with E-state index in [4.69, 9.17) is 0 Å². The highest BCUT2D eigenvalue weighted by atomic mass is 32.2. The van der Waals surface area contributed by atoms with Crippen molar-refractivity contribution in [2.24, 2.45) is 0 Å². The molecule has 0 saturated heterocycles. The molecule has 0 unspecified atom stereocenters. The fourth-order valence-electron chi connectivity index (χ4n) is 3.07. The number of hydrogen-bond acceptors (Lipinski definition) is 2. The van der Waals surface area contributed by atoms with Crippen LogP contribution >= 0.6 is 7.26 Å². The van der Waals surface area contributed by atoms with E-state index in [9.17, 15) is 8.42 Å². The molecule has 0 radical (unpaired) electrons. The van der Waals surface area contributed by atoms with Crippen molar-refractivity contribution in [1.29, 1.82) is 0 Å². The first-order valence-corrected chi connectivity index (χ1v) is 11.8. The standard InChI is InChI=1S/C20H20O2PS/c1-24(21,22)17-23(18-11-5-2-6-12-18,19-13-7-3-8-14-19)20-15-9-4-10-16-20/h2-16H,17H2,1H3/q+1. The number of hydrogen-bond donors (Lipinski definition) is 0. The van der Waals surface area contributed by atoms with Gasteiger partial charge in [-0.15, -0.1) is 0 Å². The average Bonchev–Trinajstić information content (AvgIpc) is 2.61. The molecule has 0 bridgehead atoms. The monoisotopic (exact) mass is 355 g/mol. The van der Waals surface area contributed by atoms with E-state index in [1.165, 1.54) is 6.26 Å². The second kappa shape index (κ2) is 6.88. The van der Waals surface area contributed by atoms with Crippen LogP contribution in [0.15, 0.2) is 91.0 Å². The van der Waals surface area contributed by atoms with Crippen LogP contribution in [0.2, 0.25) is 0 Å². The molecule has 0 N–H and O–H groups in total. The predicted octanol–water partition coefficient (Wildman–Crippen LogP) is 2.98. The van der Waals surface area contributed by atoms with Gasteiger partial charge < -0.3 is 0 Å². The highest BCUT2D eigenvalue weighted by Crippen LogP contribution is 2.56. The Morgan fingerprint density at radius 2 is 0.917 bits per heavy atom. The van der Waals surface area contributed by atoms with E-state index in [2.05, 4.69) is 36.4 Å². The highest BCUT2D eigenvalue weighted by molar-refractivity contribution is 8.08. The van der Waals surface area contributed by atoms with Gasteiger partial charge in [-0.05, 0) is 36.4 Å². The average molecular weight is 355 g/mol. The summed E-state index contributed by atoms with van der Waals surface area (Å²) in [7, 11) is -5.44. The Bertz CT molecular complexity index is 795. The summed E-state index contributed by atoms with van der Waals surface area (Å²) in [6, 6.07) is 30.1. The summed E-state index contributed by atoms with van der Waals surface area (Å²) >= 11 is 0. The molecule has 0 fully saturated rings. The molecule has 0 amide bonds. The first-order chi connectivity index (χ1) is 11.5. The lowest BCUT2D eigenvalue weighted by atomic mass is 10.4. The summed E-state index contributed by atoms with van der Waals surface area (Å²) in [5.41, 5.74) is 0.137. The predicted molar refractivity (Wildman–Crippen MR) is 105 cm³/mol. The van der Waals surface area contributed by atoms with Gasteiger partial charge in [0.15, 0.2) is 15.3 Å². The van der Waals surface area contributed by atoms with Crippen LogP contribution in [0, 0.1) is 0 Å². The second-order valence-electron chi connectivity index (χ2n) is 5.87. The molecular weight excluding hydrogens is 335 g/mol. The van der Waals surface area contributed by atoms with E-state index < -0.39 is 17.1 Å². The van der Waals surface area contributed by atoms with Crippen molar-refractivity contribution in [2.75, 3.05) is 11.7 Å². The van der Waals surface area contributed by atoms with E-state index in [-0.39, 0.29) is 5.49 Å². The maximum atomic E-state index is 12.4. The number of benzene rings is 3. The van der Waals surface area contributed by atoms with E-state index in [0.29, 0.717) is 0 Å². The Balaban J connectivity index is 2.37. The van der Waals surface area contributed by atoms with Gasteiger partial charge in [0.25, 0.3) is 0 Å². The second-order valence-corrected chi connectivity index (χ2v) is 11.9. The van der Waals surface area contributed by atoms with E-state index in [1.807, 2.05) is 54.6 Å². The molecule has 2 nitrogen and oxygen atoms in total. The van der Waals surface area contributed by atoms with Gasteiger partial charge in [0, 0.05) is 6.26 Å². The third-order valence-electron chi connectivity index (χ3n) is 4.02. The maximum absolute atomic E-state index is 12.4. The third-order valence-corrected chi connectivity index (χ3v) is 11.0. The van der Waals surface area contributed by atoms with Gasteiger partial charge in [0.05, 0.1) is 0 Å². The molecule has 0 aliphatic heterocycles. The van der Waals surface area contributed by atoms with Crippen molar-refractivity contribution in [3.63, 3.8) is 0 Å². The largest absolute Gasteiger partial charge is 0.225 e. The normalized spacial score (nSPS) is 12.0. The fourth-order valence-corrected chi connectivity index (χ4v) is 10.6. The van der Waals surface area contributed by atoms with Crippen LogP contribution in [0.25, 0.3) is 0 Å². The Labute approximate surface area is 144 Å². The van der Waals surface area contributed by atoms with Crippen LogP contribution < -0.4 is 15.9 Å². The van der Waals surface area contributed by atoms with Crippen molar-refractivity contribution in [2.45, 2.75) is 0 Å². The Hall–Kier alpha value is -1.96. The van der Waals surface area contributed by atoms with Crippen molar-refractivity contribution in [1.82, 2.24) is 0 Å². The lowest BCUT2D eigenvalue weighted by molar-refractivity contribution is 0.606. The molecule has 3 rings (SSSR count). The van der Waals surface area contributed by atoms with Gasteiger partial charge in [-0.3, -0.25) is 0 Å². The lowest BCUT2D eigenvalue weighted by Crippen LogP contribution is -2.35. The molecule has 4 heteroatoms. The van der Waals surface area contributed by atoms with Crippen LogP contribution in [0.1, 0.15) is 0 Å². The van der Waals surface area contributed by atoms with Crippen molar-refractivity contribution >= 4 is 33.0 Å². The third kappa shape index (κ3) is 3.43. The first-order valence-electron chi connectivity index (χ1n) is 7.75. The molecule has 24 heavy (non-hydrogen) atoms. The molecule has 0 heterocycles. The molecule has 122 valence electrons. The minimum Gasteiger partial charge on any atom is -0.225 e. The molecule has 0 spiro atoms. The van der Waals surface area contributed by atoms with Crippen LogP contribution in [-0.4, -0.2) is 20.2 Å².